The van der Waals surface area contributed by atoms with Gasteiger partial charge in [0, 0.05) is 11.8 Å². The normalized spacial score (nSPS) is 16.3. The van der Waals surface area contributed by atoms with Gasteiger partial charge < -0.3 is 14.8 Å². The Balaban J connectivity index is 1.75. The van der Waals surface area contributed by atoms with Crippen LogP contribution < -0.4 is 19.5 Å². The molecule has 0 bridgehead atoms. The first-order valence-electron chi connectivity index (χ1n) is 7.84. The van der Waals surface area contributed by atoms with E-state index in [4.69, 9.17) is 0 Å². The molecule has 0 fully saturated rings. The molecule has 2 N–H and O–H groups in total. The van der Waals surface area contributed by atoms with Crippen LogP contribution in [0.25, 0.3) is 0 Å². The largest absolute Gasteiger partial charge is 0.586 e. The van der Waals surface area contributed by atoms with Crippen molar-refractivity contribution in [2.75, 3.05) is 5.32 Å². The van der Waals surface area contributed by atoms with Crippen LogP contribution in [-0.2, 0) is 14.8 Å². The first kappa shape index (κ1) is 19.5. The molecular weight excluding hydrogens is 402 g/mol. The summed E-state index contributed by atoms with van der Waals surface area (Å²) < 4.78 is 62.0. The van der Waals surface area contributed by atoms with Gasteiger partial charge in [0.1, 0.15) is 10.3 Å². The van der Waals surface area contributed by atoms with Crippen molar-refractivity contribution >= 4 is 33.0 Å². The average Bonchev–Trinajstić information content (AvgIpc) is 3.18. The summed E-state index contributed by atoms with van der Waals surface area (Å²) in [7, 11) is -3.86. The van der Waals surface area contributed by atoms with Crippen LogP contribution in [0.2, 0.25) is 0 Å². The van der Waals surface area contributed by atoms with Gasteiger partial charge in [0.15, 0.2) is 11.5 Å². The molecule has 1 aliphatic heterocycles. The average molecular weight is 418 g/mol. The van der Waals surface area contributed by atoms with Crippen molar-refractivity contribution in [3.05, 3.63) is 35.7 Å². The molecule has 1 amide bonds. The summed E-state index contributed by atoms with van der Waals surface area (Å²) >= 11 is 1.03. The van der Waals surface area contributed by atoms with E-state index in [-0.39, 0.29) is 27.3 Å². The summed E-state index contributed by atoms with van der Waals surface area (Å²) in [4.78, 5) is 12.6. The van der Waals surface area contributed by atoms with Crippen molar-refractivity contribution in [1.29, 1.82) is 0 Å². The van der Waals surface area contributed by atoms with Crippen molar-refractivity contribution in [1.82, 2.24) is 4.72 Å². The van der Waals surface area contributed by atoms with Gasteiger partial charge in [-0.25, -0.2) is 8.42 Å². The molecule has 0 saturated carbocycles. The maximum atomic E-state index is 13.1. The highest BCUT2D eigenvalue weighted by molar-refractivity contribution is 7.91. The van der Waals surface area contributed by atoms with E-state index in [2.05, 4.69) is 19.5 Å². The molecule has 7 nitrogen and oxygen atoms in total. The molecule has 2 aromatic rings. The number of hydrogen-bond acceptors (Lipinski definition) is 6. The van der Waals surface area contributed by atoms with Gasteiger partial charge in [-0.15, -0.1) is 20.1 Å². The minimum atomic E-state index is -3.86. The molecule has 2 heterocycles. The smallest absolute Gasteiger partial charge is 0.395 e. The molecular formula is C16H16F2N2O5S2. The van der Waals surface area contributed by atoms with E-state index < -0.39 is 28.3 Å². The van der Waals surface area contributed by atoms with E-state index in [0.717, 1.165) is 11.3 Å². The summed E-state index contributed by atoms with van der Waals surface area (Å²) in [6.45, 7) is 3.36. The third-order valence-corrected chi connectivity index (χ3v) is 6.50. The molecule has 0 aliphatic carbocycles. The number of thiophene rings is 1. The van der Waals surface area contributed by atoms with Crippen molar-refractivity contribution in [3.8, 4) is 11.5 Å². The Kier molecular flexibility index (Phi) is 5.10. The van der Waals surface area contributed by atoms with Crippen LogP contribution in [0.4, 0.5) is 14.5 Å². The molecule has 0 radical (unpaired) electrons. The number of carbonyl (C=O) groups is 1. The van der Waals surface area contributed by atoms with Gasteiger partial charge >= 0.3 is 6.29 Å². The van der Waals surface area contributed by atoms with Crippen molar-refractivity contribution in [2.24, 2.45) is 5.92 Å². The van der Waals surface area contributed by atoms with E-state index in [1.54, 1.807) is 25.3 Å². The SMILES string of the molecule is CC(C)[C@H](NS(=O)(=O)c1cccs1)C(=O)Nc1ccc2c(c1)OC(F)(F)O2. The van der Waals surface area contributed by atoms with Crippen LogP contribution in [0, 0.1) is 5.92 Å². The summed E-state index contributed by atoms with van der Waals surface area (Å²) in [6.07, 6.45) is -3.76. The first-order chi connectivity index (χ1) is 12.6. The Morgan fingerprint density at radius 3 is 2.52 bits per heavy atom. The van der Waals surface area contributed by atoms with Gasteiger partial charge in [0.05, 0.1) is 0 Å². The predicted octanol–water partition coefficient (Wildman–Crippen LogP) is 3.01. The van der Waals surface area contributed by atoms with E-state index in [1.165, 1.54) is 24.3 Å². The number of carbonyl (C=O) groups excluding carboxylic acids is 1. The molecule has 0 spiro atoms. The zero-order chi connectivity index (χ0) is 19.8. The third kappa shape index (κ3) is 4.37. The van der Waals surface area contributed by atoms with E-state index in [1.807, 2.05) is 0 Å². The molecule has 3 rings (SSSR count). The lowest BCUT2D eigenvalue weighted by Gasteiger charge is -2.21. The molecule has 1 aromatic carbocycles. The van der Waals surface area contributed by atoms with E-state index in [9.17, 15) is 22.0 Å². The van der Waals surface area contributed by atoms with Crippen LogP contribution in [0.15, 0.2) is 39.9 Å². The maximum absolute atomic E-state index is 13.1. The Hall–Kier alpha value is -2.24. The summed E-state index contributed by atoms with van der Waals surface area (Å²) in [5.41, 5.74) is 0.168. The zero-order valence-corrected chi connectivity index (χ0v) is 15.9. The number of halogens is 2. The summed E-state index contributed by atoms with van der Waals surface area (Å²) in [5, 5.41) is 4.12. The fraction of sp³-hybridized carbons (Fsp3) is 0.312. The minimum absolute atomic E-state index is 0.0891. The second-order valence-electron chi connectivity index (χ2n) is 6.09. The summed E-state index contributed by atoms with van der Waals surface area (Å²) in [6, 6.07) is 5.72. The second kappa shape index (κ2) is 7.06. The monoisotopic (exact) mass is 418 g/mol. The number of ether oxygens (including phenoxy) is 2. The van der Waals surface area contributed by atoms with Crippen molar-refractivity contribution in [3.63, 3.8) is 0 Å². The number of fused-ring (bicyclic) bond motifs is 1. The number of sulfonamides is 1. The standard InChI is InChI=1S/C16H16F2N2O5S2/c1-9(2)14(20-27(22,23)13-4-3-7-26-13)15(21)19-10-5-6-11-12(8-10)25-16(17,18)24-11/h3-9,14,20H,1-2H3,(H,19,21)/t14-/m0/s1. The van der Waals surface area contributed by atoms with Gasteiger partial charge in [0.25, 0.3) is 10.0 Å². The van der Waals surface area contributed by atoms with Crippen molar-refractivity contribution < 1.29 is 31.5 Å². The zero-order valence-electron chi connectivity index (χ0n) is 14.2. The Morgan fingerprint density at radius 2 is 1.89 bits per heavy atom. The lowest BCUT2D eigenvalue weighted by molar-refractivity contribution is -0.286. The fourth-order valence-corrected chi connectivity index (χ4v) is 4.73. The molecule has 11 heteroatoms. The molecule has 1 aliphatic rings. The number of hydrogen-bond donors (Lipinski definition) is 2. The fourth-order valence-electron chi connectivity index (χ4n) is 2.38. The van der Waals surface area contributed by atoms with Crippen LogP contribution in [0.3, 0.4) is 0 Å². The molecule has 146 valence electrons. The topological polar surface area (TPSA) is 93.7 Å². The van der Waals surface area contributed by atoms with Gasteiger partial charge in [-0.2, -0.15) is 4.72 Å². The van der Waals surface area contributed by atoms with Crippen LogP contribution in [0.1, 0.15) is 13.8 Å². The molecule has 27 heavy (non-hydrogen) atoms. The van der Waals surface area contributed by atoms with Crippen molar-refractivity contribution in [2.45, 2.75) is 30.4 Å². The lowest BCUT2D eigenvalue weighted by atomic mass is 10.0. The number of rotatable bonds is 6. The highest BCUT2D eigenvalue weighted by Crippen LogP contribution is 2.42. The van der Waals surface area contributed by atoms with Crippen LogP contribution >= 0.6 is 11.3 Å². The quantitative estimate of drug-likeness (QED) is 0.752. The predicted molar refractivity (Wildman–Crippen MR) is 94.5 cm³/mol. The minimum Gasteiger partial charge on any atom is -0.395 e. The summed E-state index contributed by atoms with van der Waals surface area (Å²) in [5.74, 6) is -1.37. The third-order valence-electron chi connectivity index (χ3n) is 3.66. The lowest BCUT2D eigenvalue weighted by Crippen LogP contribution is -2.46. The Labute approximate surface area is 158 Å². The number of anilines is 1. The van der Waals surface area contributed by atoms with E-state index >= 15 is 0 Å². The van der Waals surface area contributed by atoms with Crippen LogP contribution in [-0.4, -0.2) is 26.7 Å². The van der Waals surface area contributed by atoms with Crippen LogP contribution in [0.5, 0.6) is 11.5 Å². The number of amides is 1. The van der Waals surface area contributed by atoms with Gasteiger partial charge in [-0.1, -0.05) is 19.9 Å². The molecule has 0 saturated heterocycles. The highest BCUT2D eigenvalue weighted by atomic mass is 32.2. The number of nitrogens with one attached hydrogen (secondary N) is 2. The number of alkyl halides is 2. The number of benzene rings is 1. The maximum Gasteiger partial charge on any atom is 0.586 e. The van der Waals surface area contributed by atoms with Gasteiger partial charge in [-0.05, 0) is 29.5 Å². The second-order valence-corrected chi connectivity index (χ2v) is 8.98. The Bertz CT molecular complexity index is 946. The van der Waals surface area contributed by atoms with Gasteiger partial charge in [0.2, 0.25) is 5.91 Å². The van der Waals surface area contributed by atoms with E-state index in [0.29, 0.717) is 0 Å². The molecule has 1 atom stereocenters. The van der Waals surface area contributed by atoms with Gasteiger partial charge in [-0.3, -0.25) is 4.79 Å². The molecule has 1 aromatic heterocycles. The highest BCUT2D eigenvalue weighted by Gasteiger charge is 2.43. The Morgan fingerprint density at radius 1 is 1.19 bits per heavy atom. The first-order valence-corrected chi connectivity index (χ1v) is 10.2. The molecule has 0 unspecified atom stereocenters.